The molecular weight excluding hydrogens is 481 g/mol. The Kier molecular flexibility index (Phi) is 10.9. The van der Waals surface area contributed by atoms with Gasteiger partial charge < -0.3 is 25.2 Å². The third-order valence-electron chi connectivity index (χ3n) is 6.32. The molecule has 1 heterocycles. The maximum atomic E-state index is 13.1. The summed E-state index contributed by atoms with van der Waals surface area (Å²) in [5, 5.41) is 15.5. The zero-order valence-electron chi connectivity index (χ0n) is 19.5. The summed E-state index contributed by atoms with van der Waals surface area (Å²) in [6.07, 6.45) is -1.26. The van der Waals surface area contributed by atoms with Crippen LogP contribution in [0.1, 0.15) is 18.9 Å². The number of nitrogens with one attached hydrogen (secondary N) is 2. The number of aliphatic hydroxyl groups is 1. The van der Waals surface area contributed by atoms with Crippen LogP contribution in [0.5, 0.6) is 0 Å². The van der Waals surface area contributed by atoms with Crippen LogP contribution < -0.4 is 10.6 Å². The van der Waals surface area contributed by atoms with E-state index in [1.165, 1.54) is 0 Å². The van der Waals surface area contributed by atoms with Gasteiger partial charge in [0.05, 0.1) is 42.1 Å². The van der Waals surface area contributed by atoms with Crippen LogP contribution in [0, 0.1) is 5.92 Å². The lowest BCUT2D eigenvalue weighted by Gasteiger charge is -2.40. The highest BCUT2D eigenvalue weighted by Gasteiger charge is 2.46. The summed E-state index contributed by atoms with van der Waals surface area (Å²) < 4.78 is 11.1. The minimum atomic E-state index is -1.15. The number of esters is 1. The zero-order valence-corrected chi connectivity index (χ0v) is 21.0. The second kappa shape index (κ2) is 13.6. The number of piperazine rings is 1. The van der Waals surface area contributed by atoms with Gasteiger partial charge in [-0.15, -0.1) is 23.2 Å². The summed E-state index contributed by atoms with van der Waals surface area (Å²) in [6.45, 7) is 6.93. The molecule has 2 aliphatic rings. The number of hydrogen-bond acceptors (Lipinski definition) is 7. The van der Waals surface area contributed by atoms with E-state index >= 15 is 0 Å². The van der Waals surface area contributed by atoms with Crippen molar-refractivity contribution in [1.82, 2.24) is 15.5 Å². The standard InChI is InChI=1S/C24H35Cl2N3O5/c1-2-33-24(32)19(14-16-6-4-3-5-7-16)28-23(31)17-15-18(25)22(20(26)21(17)30)34-13-12-29-10-8-27-9-11-29/h3-7,17-22,27,30H,2,8-15H2,1H3,(H,28,31)/t17?,18?,19-,20?,21?,22?/m0/s1. The van der Waals surface area contributed by atoms with Crippen molar-refractivity contribution in [2.45, 2.75) is 48.8 Å². The van der Waals surface area contributed by atoms with Crippen LogP contribution >= 0.6 is 23.2 Å². The van der Waals surface area contributed by atoms with Gasteiger partial charge in [-0.25, -0.2) is 4.79 Å². The quantitative estimate of drug-likeness (QED) is 0.317. The number of halogens is 2. The van der Waals surface area contributed by atoms with E-state index in [2.05, 4.69) is 15.5 Å². The van der Waals surface area contributed by atoms with E-state index in [0.29, 0.717) is 6.61 Å². The normalized spacial score (nSPS) is 28.8. The van der Waals surface area contributed by atoms with Crippen molar-refractivity contribution < 1.29 is 24.2 Å². The van der Waals surface area contributed by atoms with Crippen LogP contribution in [-0.2, 0) is 25.5 Å². The monoisotopic (exact) mass is 515 g/mol. The molecule has 1 aliphatic heterocycles. The Hall–Kier alpha value is -1.42. The van der Waals surface area contributed by atoms with E-state index in [1.807, 2.05) is 30.3 Å². The average molecular weight is 516 g/mol. The average Bonchev–Trinajstić information content (AvgIpc) is 2.84. The van der Waals surface area contributed by atoms with Gasteiger partial charge in [0.1, 0.15) is 6.04 Å². The predicted molar refractivity (Wildman–Crippen MR) is 131 cm³/mol. The summed E-state index contributed by atoms with van der Waals surface area (Å²) in [5.41, 5.74) is 0.883. The van der Waals surface area contributed by atoms with Crippen LogP contribution in [0.4, 0.5) is 0 Å². The van der Waals surface area contributed by atoms with E-state index in [0.717, 1.165) is 38.3 Å². The van der Waals surface area contributed by atoms with Gasteiger partial charge in [-0.3, -0.25) is 9.69 Å². The molecule has 1 amide bonds. The first kappa shape index (κ1) is 27.2. The lowest BCUT2D eigenvalue weighted by atomic mass is 9.83. The van der Waals surface area contributed by atoms with Crippen molar-refractivity contribution in [2.24, 2.45) is 5.92 Å². The Morgan fingerprint density at radius 3 is 2.62 bits per heavy atom. The van der Waals surface area contributed by atoms with Crippen molar-refractivity contribution in [3.05, 3.63) is 35.9 Å². The highest BCUT2D eigenvalue weighted by molar-refractivity contribution is 6.25. The van der Waals surface area contributed by atoms with Crippen molar-refractivity contribution in [1.29, 1.82) is 0 Å². The fourth-order valence-corrected chi connectivity index (χ4v) is 5.33. The van der Waals surface area contributed by atoms with Crippen molar-refractivity contribution in [3.8, 4) is 0 Å². The van der Waals surface area contributed by atoms with E-state index in [-0.39, 0.29) is 19.4 Å². The Morgan fingerprint density at radius 2 is 1.94 bits per heavy atom. The maximum absolute atomic E-state index is 13.1. The fraction of sp³-hybridized carbons (Fsp3) is 0.667. The first-order valence-corrected chi connectivity index (χ1v) is 12.8. The number of hydrogen-bond donors (Lipinski definition) is 3. The molecule has 1 aromatic rings. The van der Waals surface area contributed by atoms with Gasteiger partial charge in [-0.1, -0.05) is 30.3 Å². The van der Waals surface area contributed by atoms with E-state index in [1.54, 1.807) is 6.92 Å². The lowest BCUT2D eigenvalue weighted by molar-refractivity contribution is -0.149. The van der Waals surface area contributed by atoms with Gasteiger partial charge in [0, 0.05) is 39.1 Å². The Bertz CT molecular complexity index is 781. The summed E-state index contributed by atoms with van der Waals surface area (Å²) in [7, 11) is 0. The molecule has 1 aromatic carbocycles. The van der Waals surface area contributed by atoms with Gasteiger partial charge in [-0.2, -0.15) is 0 Å². The van der Waals surface area contributed by atoms with E-state index in [9.17, 15) is 14.7 Å². The molecule has 3 rings (SSSR count). The molecule has 8 nitrogen and oxygen atoms in total. The number of amides is 1. The number of carbonyl (C=O) groups is 2. The highest BCUT2D eigenvalue weighted by atomic mass is 35.5. The number of rotatable bonds is 10. The molecule has 1 saturated heterocycles. The molecule has 0 aromatic heterocycles. The molecule has 34 heavy (non-hydrogen) atoms. The lowest BCUT2D eigenvalue weighted by Crippen LogP contribution is -2.56. The summed E-state index contributed by atoms with van der Waals surface area (Å²) >= 11 is 13.1. The first-order valence-electron chi connectivity index (χ1n) is 11.9. The molecule has 5 unspecified atom stereocenters. The number of benzene rings is 1. The SMILES string of the molecule is CCOC(=O)[C@H](Cc1ccccc1)NC(=O)C1CC(Cl)C(OCCN2CCNCC2)C(Cl)C1O. The third kappa shape index (κ3) is 7.54. The number of ether oxygens (including phenoxy) is 2. The summed E-state index contributed by atoms with van der Waals surface area (Å²) in [5.74, 6) is -1.85. The van der Waals surface area contributed by atoms with Crippen LogP contribution in [0.2, 0.25) is 0 Å². The van der Waals surface area contributed by atoms with Gasteiger partial charge >= 0.3 is 5.97 Å². The molecule has 2 fully saturated rings. The molecule has 0 spiro atoms. The summed E-state index contributed by atoms with van der Waals surface area (Å²) in [6, 6.07) is 8.48. The Morgan fingerprint density at radius 1 is 1.24 bits per heavy atom. The molecule has 1 saturated carbocycles. The second-order valence-corrected chi connectivity index (χ2v) is 9.79. The smallest absolute Gasteiger partial charge is 0.328 e. The molecule has 6 atom stereocenters. The van der Waals surface area contributed by atoms with Gasteiger partial charge in [0.2, 0.25) is 5.91 Å². The zero-order chi connectivity index (χ0) is 24.5. The molecule has 190 valence electrons. The number of aliphatic hydroxyl groups excluding tert-OH is 1. The van der Waals surface area contributed by atoms with E-state index in [4.69, 9.17) is 32.7 Å². The second-order valence-electron chi connectivity index (χ2n) is 8.72. The van der Waals surface area contributed by atoms with Crippen molar-refractivity contribution >= 4 is 35.1 Å². The highest BCUT2D eigenvalue weighted by Crippen LogP contribution is 2.34. The Balaban J connectivity index is 1.57. The van der Waals surface area contributed by atoms with Crippen LogP contribution in [0.25, 0.3) is 0 Å². The first-order chi connectivity index (χ1) is 16.4. The van der Waals surface area contributed by atoms with Crippen LogP contribution in [0.15, 0.2) is 30.3 Å². The van der Waals surface area contributed by atoms with Crippen molar-refractivity contribution in [3.63, 3.8) is 0 Å². The third-order valence-corrected chi connectivity index (χ3v) is 7.26. The van der Waals surface area contributed by atoms with Gasteiger partial charge in [0.25, 0.3) is 0 Å². The van der Waals surface area contributed by atoms with Crippen molar-refractivity contribution in [2.75, 3.05) is 45.9 Å². The van der Waals surface area contributed by atoms with Gasteiger partial charge in [0.15, 0.2) is 0 Å². The number of carbonyl (C=O) groups excluding carboxylic acids is 2. The maximum Gasteiger partial charge on any atom is 0.328 e. The van der Waals surface area contributed by atoms with Crippen LogP contribution in [0.3, 0.4) is 0 Å². The molecule has 10 heteroatoms. The summed E-state index contributed by atoms with van der Waals surface area (Å²) in [4.78, 5) is 27.9. The topological polar surface area (TPSA) is 100 Å². The molecule has 1 aliphatic carbocycles. The minimum absolute atomic E-state index is 0.191. The molecular formula is C24H35Cl2N3O5. The molecule has 3 N–H and O–H groups in total. The van der Waals surface area contributed by atoms with Gasteiger partial charge in [-0.05, 0) is 18.9 Å². The largest absolute Gasteiger partial charge is 0.464 e. The number of alkyl halides is 2. The minimum Gasteiger partial charge on any atom is -0.464 e. The molecule has 0 bridgehead atoms. The Labute approximate surface area is 211 Å². The number of nitrogens with zero attached hydrogens (tertiary/aromatic N) is 1. The van der Waals surface area contributed by atoms with Crippen LogP contribution in [-0.4, -0.2) is 96.8 Å². The predicted octanol–water partition coefficient (Wildman–Crippen LogP) is 1.16. The fourth-order valence-electron chi connectivity index (χ4n) is 4.41. The van der Waals surface area contributed by atoms with E-state index < -0.39 is 46.8 Å². The molecule has 0 radical (unpaired) electrons.